The number of hydrogen-bond acceptors (Lipinski definition) is 5. The van der Waals surface area contributed by atoms with Gasteiger partial charge in [-0.3, -0.25) is 4.90 Å². The Morgan fingerprint density at radius 2 is 2.05 bits per heavy atom. The topological polar surface area (TPSA) is 47.7 Å². The number of nitrogens with zero attached hydrogens (tertiary/aromatic N) is 2. The van der Waals surface area contributed by atoms with Crippen LogP contribution < -0.4 is 4.74 Å². The van der Waals surface area contributed by atoms with Crippen LogP contribution in [-0.4, -0.2) is 42.3 Å². The van der Waals surface area contributed by atoms with E-state index in [2.05, 4.69) is 23.7 Å². The van der Waals surface area contributed by atoms with Crippen molar-refractivity contribution in [2.24, 2.45) is 0 Å². The average molecular weight is 302 g/mol. The minimum absolute atomic E-state index is 0.268. The summed E-state index contributed by atoms with van der Waals surface area (Å²) in [7, 11) is 1.66. The smallest absolute Gasteiger partial charge is 0.226 e. The van der Waals surface area contributed by atoms with Crippen LogP contribution in [0.5, 0.6) is 5.75 Å². The summed E-state index contributed by atoms with van der Waals surface area (Å²) in [6, 6.07) is 8.12. The summed E-state index contributed by atoms with van der Waals surface area (Å²) >= 11 is 0. The molecule has 0 amide bonds. The Morgan fingerprint density at radius 1 is 1.27 bits per heavy atom. The summed E-state index contributed by atoms with van der Waals surface area (Å²) in [5.74, 6) is 1.47. The van der Waals surface area contributed by atoms with Crippen LogP contribution in [0.1, 0.15) is 19.5 Å². The lowest BCUT2D eigenvalue weighted by Crippen LogP contribution is -2.46. The van der Waals surface area contributed by atoms with Gasteiger partial charge in [-0.05, 0) is 38.1 Å². The van der Waals surface area contributed by atoms with Gasteiger partial charge in [0.1, 0.15) is 12.0 Å². The molecule has 1 aromatic carbocycles. The first kappa shape index (κ1) is 15.1. The van der Waals surface area contributed by atoms with E-state index >= 15 is 0 Å². The predicted molar refractivity (Wildman–Crippen MR) is 83.8 cm³/mol. The summed E-state index contributed by atoms with van der Waals surface area (Å²) in [5.41, 5.74) is 1.90. The molecule has 1 aromatic heterocycles. The quantitative estimate of drug-likeness (QED) is 0.869. The standard InChI is InChI=1S/C17H22N2O3/c1-12-10-21-13(2)8-19(12)9-15-11-22-17(18-15)14-4-6-16(20-3)7-5-14/h4-7,11-13H,8-10H2,1-3H3/t12-,13-/m0/s1. The fourth-order valence-electron chi connectivity index (χ4n) is 2.65. The summed E-state index contributed by atoms with van der Waals surface area (Å²) in [5, 5.41) is 0. The van der Waals surface area contributed by atoms with Gasteiger partial charge in [0.05, 0.1) is 25.5 Å². The largest absolute Gasteiger partial charge is 0.497 e. The van der Waals surface area contributed by atoms with Crippen molar-refractivity contribution < 1.29 is 13.9 Å². The van der Waals surface area contributed by atoms with Gasteiger partial charge < -0.3 is 13.9 Å². The van der Waals surface area contributed by atoms with Gasteiger partial charge in [0, 0.05) is 24.7 Å². The lowest BCUT2D eigenvalue weighted by Gasteiger charge is -2.36. The molecule has 3 rings (SSSR count). The fourth-order valence-corrected chi connectivity index (χ4v) is 2.65. The minimum atomic E-state index is 0.268. The molecule has 0 unspecified atom stereocenters. The van der Waals surface area contributed by atoms with E-state index in [-0.39, 0.29) is 6.10 Å². The molecule has 0 radical (unpaired) electrons. The summed E-state index contributed by atoms with van der Waals surface area (Å²) in [4.78, 5) is 6.98. The van der Waals surface area contributed by atoms with Crippen molar-refractivity contribution in [1.82, 2.24) is 9.88 Å². The maximum atomic E-state index is 5.66. The molecule has 5 heteroatoms. The first-order chi connectivity index (χ1) is 10.7. The number of morpholine rings is 1. The van der Waals surface area contributed by atoms with Crippen LogP contribution in [0, 0.1) is 0 Å². The number of ether oxygens (including phenoxy) is 2. The minimum Gasteiger partial charge on any atom is -0.497 e. The Kier molecular flexibility index (Phi) is 4.45. The lowest BCUT2D eigenvalue weighted by molar-refractivity contribution is -0.0530. The molecular weight excluding hydrogens is 280 g/mol. The Labute approximate surface area is 130 Å². The number of hydrogen-bond donors (Lipinski definition) is 0. The van der Waals surface area contributed by atoms with Crippen LogP contribution in [0.15, 0.2) is 34.9 Å². The number of aromatic nitrogens is 1. The van der Waals surface area contributed by atoms with Gasteiger partial charge in [-0.1, -0.05) is 0 Å². The highest BCUT2D eigenvalue weighted by atomic mass is 16.5. The van der Waals surface area contributed by atoms with Crippen molar-refractivity contribution in [3.8, 4) is 17.2 Å². The molecule has 0 saturated carbocycles. The molecule has 2 aromatic rings. The Balaban J connectivity index is 1.70. The lowest BCUT2D eigenvalue weighted by atomic mass is 10.2. The average Bonchev–Trinajstić information content (AvgIpc) is 2.99. The Morgan fingerprint density at radius 3 is 2.77 bits per heavy atom. The van der Waals surface area contributed by atoms with E-state index in [1.165, 1.54) is 0 Å². The number of benzene rings is 1. The molecule has 1 fully saturated rings. The van der Waals surface area contributed by atoms with E-state index in [4.69, 9.17) is 13.9 Å². The SMILES string of the molecule is COc1ccc(-c2nc(CN3C[C@H](C)OC[C@@H]3C)co2)cc1. The molecule has 0 N–H and O–H groups in total. The van der Waals surface area contributed by atoms with Crippen molar-refractivity contribution in [2.45, 2.75) is 32.5 Å². The zero-order chi connectivity index (χ0) is 15.5. The van der Waals surface area contributed by atoms with Crippen LogP contribution in [0.3, 0.4) is 0 Å². The second-order valence-corrected chi connectivity index (χ2v) is 5.79. The van der Waals surface area contributed by atoms with Crippen molar-refractivity contribution >= 4 is 0 Å². The van der Waals surface area contributed by atoms with Gasteiger partial charge in [-0.25, -0.2) is 4.98 Å². The molecule has 2 atom stereocenters. The molecule has 0 aliphatic carbocycles. The molecule has 0 bridgehead atoms. The normalized spacial score (nSPS) is 22.7. The zero-order valence-corrected chi connectivity index (χ0v) is 13.3. The number of oxazole rings is 1. The monoisotopic (exact) mass is 302 g/mol. The second kappa shape index (κ2) is 6.50. The van der Waals surface area contributed by atoms with Gasteiger partial charge in [-0.15, -0.1) is 0 Å². The second-order valence-electron chi connectivity index (χ2n) is 5.79. The van der Waals surface area contributed by atoms with Crippen LogP contribution in [0.4, 0.5) is 0 Å². The van der Waals surface area contributed by atoms with E-state index < -0.39 is 0 Å². The van der Waals surface area contributed by atoms with Gasteiger partial charge in [-0.2, -0.15) is 0 Å². The maximum absolute atomic E-state index is 5.66. The van der Waals surface area contributed by atoms with E-state index in [9.17, 15) is 0 Å². The third-order valence-electron chi connectivity index (χ3n) is 3.99. The molecule has 22 heavy (non-hydrogen) atoms. The highest BCUT2D eigenvalue weighted by Crippen LogP contribution is 2.23. The highest BCUT2D eigenvalue weighted by molar-refractivity contribution is 5.54. The van der Waals surface area contributed by atoms with Crippen LogP contribution in [0.25, 0.3) is 11.5 Å². The van der Waals surface area contributed by atoms with Crippen LogP contribution >= 0.6 is 0 Å². The fraction of sp³-hybridized carbons (Fsp3) is 0.471. The van der Waals surface area contributed by atoms with Crippen LogP contribution in [-0.2, 0) is 11.3 Å². The Hall–Kier alpha value is -1.85. The summed E-state index contributed by atoms with van der Waals surface area (Å²) in [6.07, 6.45) is 2.01. The predicted octanol–water partition coefficient (Wildman–Crippen LogP) is 2.96. The van der Waals surface area contributed by atoms with Crippen molar-refractivity contribution in [1.29, 1.82) is 0 Å². The molecule has 1 aliphatic rings. The first-order valence-electron chi connectivity index (χ1n) is 7.60. The van der Waals surface area contributed by atoms with E-state index in [0.29, 0.717) is 11.9 Å². The van der Waals surface area contributed by atoms with Crippen LogP contribution in [0.2, 0.25) is 0 Å². The molecule has 1 aliphatic heterocycles. The van der Waals surface area contributed by atoms with E-state index in [0.717, 1.165) is 36.7 Å². The van der Waals surface area contributed by atoms with Gasteiger partial charge >= 0.3 is 0 Å². The van der Waals surface area contributed by atoms with Crippen molar-refractivity contribution in [3.05, 3.63) is 36.2 Å². The third kappa shape index (κ3) is 3.31. The molecule has 5 nitrogen and oxygen atoms in total. The van der Waals surface area contributed by atoms with E-state index in [1.807, 2.05) is 24.3 Å². The molecule has 2 heterocycles. The maximum Gasteiger partial charge on any atom is 0.226 e. The molecule has 118 valence electrons. The zero-order valence-electron chi connectivity index (χ0n) is 13.3. The number of methoxy groups -OCH3 is 1. The Bertz CT molecular complexity index is 609. The highest BCUT2D eigenvalue weighted by Gasteiger charge is 2.24. The molecule has 1 saturated heterocycles. The van der Waals surface area contributed by atoms with Crippen molar-refractivity contribution in [2.75, 3.05) is 20.3 Å². The molecule has 0 spiro atoms. The summed E-state index contributed by atoms with van der Waals surface area (Å²) < 4.78 is 16.4. The van der Waals surface area contributed by atoms with E-state index in [1.54, 1.807) is 13.4 Å². The van der Waals surface area contributed by atoms with Gasteiger partial charge in [0.25, 0.3) is 0 Å². The van der Waals surface area contributed by atoms with Crippen molar-refractivity contribution in [3.63, 3.8) is 0 Å². The van der Waals surface area contributed by atoms with Gasteiger partial charge in [0.2, 0.25) is 5.89 Å². The molecular formula is C17H22N2O3. The first-order valence-corrected chi connectivity index (χ1v) is 7.60. The third-order valence-corrected chi connectivity index (χ3v) is 3.99. The number of rotatable bonds is 4. The summed E-state index contributed by atoms with van der Waals surface area (Å²) in [6.45, 7) is 6.76. The van der Waals surface area contributed by atoms with Gasteiger partial charge in [0.15, 0.2) is 0 Å².